The summed E-state index contributed by atoms with van der Waals surface area (Å²) in [6, 6.07) is 5.34. The maximum atomic E-state index is 10.9. The Morgan fingerprint density at radius 2 is 2.29 bits per heavy atom. The minimum absolute atomic E-state index is 0.147. The Morgan fingerprint density at radius 1 is 1.52 bits per heavy atom. The quantitative estimate of drug-likeness (QED) is 0.667. The molecule has 0 radical (unpaired) electrons. The van der Waals surface area contributed by atoms with Crippen LogP contribution in [-0.2, 0) is 0 Å². The third-order valence-electron chi connectivity index (χ3n) is 4.51. The van der Waals surface area contributed by atoms with Gasteiger partial charge in [-0.3, -0.25) is 10.1 Å². The van der Waals surface area contributed by atoms with Crippen molar-refractivity contribution in [3.63, 3.8) is 0 Å². The average molecular weight is 291 g/mol. The van der Waals surface area contributed by atoms with Gasteiger partial charge in [-0.2, -0.15) is 0 Å². The largest absolute Gasteiger partial charge is 0.382 e. The molecule has 1 aromatic rings. The number of non-ortho nitro benzene ring substituents is 1. The van der Waals surface area contributed by atoms with E-state index in [0.717, 1.165) is 24.3 Å². The molecule has 5 nitrogen and oxygen atoms in total. The molecule has 1 aliphatic heterocycles. The van der Waals surface area contributed by atoms with Crippen LogP contribution in [0.25, 0.3) is 0 Å². The number of hydrogen-bond acceptors (Lipinski definition) is 4. The lowest BCUT2D eigenvalue weighted by molar-refractivity contribution is -0.384. The first kappa shape index (κ1) is 15.8. The summed E-state index contributed by atoms with van der Waals surface area (Å²) in [5, 5.41) is 14.4. The number of hydrogen-bond donors (Lipinski definition) is 1. The summed E-state index contributed by atoms with van der Waals surface area (Å²) < 4.78 is 0. The summed E-state index contributed by atoms with van der Waals surface area (Å²) in [7, 11) is 0. The van der Waals surface area contributed by atoms with E-state index in [1.807, 2.05) is 13.0 Å². The SMILES string of the molecule is CCN1CCCC(C(C)Nc2cc([N+](=O)[O-])ccc2C)C1. The van der Waals surface area contributed by atoms with E-state index in [4.69, 9.17) is 0 Å². The van der Waals surface area contributed by atoms with Crippen LogP contribution in [-0.4, -0.2) is 35.5 Å². The molecule has 1 aliphatic rings. The monoisotopic (exact) mass is 291 g/mol. The van der Waals surface area contributed by atoms with Crippen molar-refractivity contribution in [1.82, 2.24) is 4.90 Å². The molecule has 21 heavy (non-hydrogen) atoms. The van der Waals surface area contributed by atoms with Crippen molar-refractivity contribution in [2.24, 2.45) is 5.92 Å². The number of nitrogens with zero attached hydrogens (tertiary/aromatic N) is 2. The highest BCUT2D eigenvalue weighted by atomic mass is 16.6. The van der Waals surface area contributed by atoms with Crippen molar-refractivity contribution in [1.29, 1.82) is 0 Å². The first-order valence-corrected chi connectivity index (χ1v) is 7.75. The second kappa shape index (κ2) is 6.89. The van der Waals surface area contributed by atoms with Crippen LogP contribution in [0.3, 0.4) is 0 Å². The van der Waals surface area contributed by atoms with Crippen molar-refractivity contribution >= 4 is 11.4 Å². The number of aryl methyl sites for hydroxylation is 1. The van der Waals surface area contributed by atoms with Crippen LogP contribution in [0.5, 0.6) is 0 Å². The normalized spacial score (nSPS) is 21.0. The Hall–Kier alpha value is -1.62. The second-order valence-corrected chi connectivity index (χ2v) is 5.98. The van der Waals surface area contributed by atoms with Gasteiger partial charge in [-0.05, 0) is 51.3 Å². The molecule has 1 heterocycles. The first-order chi connectivity index (χ1) is 10.0. The Labute approximate surface area is 126 Å². The maximum Gasteiger partial charge on any atom is 0.271 e. The second-order valence-electron chi connectivity index (χ2n) is 5.98. The standard InChI is InChI=1S/C16H25N3O2/c1-4-18-9-5-6-14(11-18)13(3)17-16-10-15(19(20)21)8-7-12(16)2/h7-8,10,13-14,17H,4-6,9,11H2,1-3H3. The number of likely N-dealkylation sites (tertiary alicyclic amines) is 1. The van der Waals surface area contributed by atoms with Gasteiger partial charge in [-0.15, -0.1) is 0 Å². The van der Waals surface area contributed by atoms with E-state index in [1.54, 1.807) is 12.1 Å². The summed E-state index contributed by atoms with van der Waals surface area (Å²) in [6.07, 6.45) is 2.46. The van der Waals surface area contributed by atoms with Crippen LogP contribution < -0.4 is 5.32 Å². The minimum Gasteiger partial charge on any atom is -0.382 e. The van der Waals surface area contributed by atoms with Crippen LogP contribution in [0.4, 0.5) is 11.4 Å². The van der Waals surface area contributed by atoms with Crippen LogP contribution in [0.15, 0.2) is 18.2 Å². The fourth-order valence-corrected chi connectivity index (χ4v) is 3.03. The Morgan fingerprint density at radius 3 is 2.95 bits per heavy atom. The molecule has 2 rings (SSSR count). The van der Waals surface area contributed by atoms with Gasteiger partial charge in [-0.25, -0.2) is 0 Å². The van der Waals surface area contributed by atoms with Gasteiger partial charge in [0.2, 0.25) is 0 Å². The molecule has 0 amide bonds. The molecule has 1 fully saturated rings. The molecule has 1 aromatic carbocycles. The number of rotatable bonds is 5. The van der Waals surface area contributed by atoms with Gasteiger partial charge in [0, 0.05) is 30.4 Å². The topological polar surface area (TPSA) is 58.4 Å². The Balaban J connectivity index is 2.06. The number of nitrogens with one attached hydrogen (secondary N) is 1. The highest BCUT2D eigenvalue weighted by Gasteiger charge is 2.24. The van der Waals surface area contributed by atoms with Gasteiger partial charge in [0.1, 0.15) is 0 Å². The fourth-order valence-electron chi connectivity index (χ4n) is 3.03. The summed E-state index contributed by atoms with van der Waals surface area (Å²) in [6.45, 7) is 9.76. The van der Waals surface area contributed by atoms with E-state index in [9.17, 15) is 10.1 Å². The van der Waals surface area contributed by atoms with E-state index >= 15 is 0 Å². The van der Waals surface area contributed by atoms with Gasteiger partial charge in [0.25, 0.3) is 5.69 Å². The van der Waals surface area contributed by atoms with Crippen LogP contribution in [0.2, 0.25) is 0 Å². The van der Waals surface area contributed by atoms with Crippen LogP contribution >= 0.6 is 0 Å². The number of anilines is 1. The zero-order valence-corrected chi connectivity index (χ0v) is 13.1. The van der Waals surface area contributed by atoms with Crippen molar-refractivity contribution in [2.75, 3.05) is 25.0 Å². The van der Waals surface area contributed by atoms with E-state index in [0.29, 0.717) is 12.0 Å². The average Bonchev–Trinajstić information content (AvgIpc) is 2.49. The number of piperidine rings is 1. The molecule has 5 heteroatoms. The van der Waals surface area contributed by atoms with Crippen molar-refractivity contribution in [2.45, 2.75) is 39.7 Å². The predicted molar refractivity (Wildman–Crippen MR) is 85.8 cm³/mol. The van der Waals surface area contributed by atoms with E-state index < -0.39 is 0 Å². The minimum atomic E-state index is -0.339. The molecule has 0 aromatic heterocycles. The van der Waals surface area contributed by atoms with Gasteiger partial charge >= 0.3 is 0 Å². The smallest absolute Gasteiger partial charge is 0.271 e. The van der Waals surface area contributed by atoms with Crippen LogP contribution in [0, 0.1) is 23.0 Å². The highest BCUT2D eigenvalue weighted by Crippen LogP contribution is 2.26. The van der Waals surface area contributed by atoms with Crippen molar-refractivity contribution in [3.8, 4) is 0 Å². The summed E-state index contributed by atoms with van der Waals surface area (Å²) in [5.41, 5.74) is 2.08. The number of benzene rings is 1. The lowest BCUT2D eigenvalue weighted by Crippen LogP contribution is -2.41. The fraction of sp³-hybridized carbons (Fsp3) is 0.625. The third-order valence-corrected chi connectivity index (χ3v) is 4.51. The lowest BCUT2D eigenvalue weighted by atomic mass is 9.91. The molecular weight excluding hydrogens is 266 g/mol. The first-order valence-electron chi connectivity index (χ1n) is 7.75. The van der Waals surface area contributed by atoms with Gasteiger partial charge < -0.3 is 10.2 Å². The molecular formula is C16H25N3O2. The Kier molecular flexibility index (Phi) is 5.17. The van der Waals surface area contributed by atoms with Crippen molar-refractivity contribution in [3.05, 3.63) is 33.9 Å². The molecule has 0 saturated carbocycles. The molecule has 116 valence electrons. The highest BCUT2D eigenvalue weighted by molar-refractivity contribution is 5.57. The van der Waals surface area contributed by atoms with Gasteiger partial charge in [0.05, 0.1) is 4.92 Å². The molecule has 2 atom stereocenters. The summed E-state index contributed by atoms with van der Waals surface area (Å²) in [5.74, 6) is 0.595. The van der Waals surface area contributed by atoms with Crippen LogP contribution in [0.1, 0.15) is 32.3 Å². The summed E-state index contributed by atoms with van der Waals surface area (Å²) >= 11 is 0. The molecule has 1 saturated heterocycles. The van der Waals surface area contributed by atoms with E-state index in [-0.39, 0.29) is 10.6 Å². The number of nitro benzene ring substituents is 1. The predicted octanol–water partition coefficient (Wildman–Crippen LogP) is 3.44. The molecule has 2 unspecified atom stereocenters. The summed E-state index contributed by atoms with van der Waals surface area (Å²) in [4.78, 5) is 13.0. The molecule has 1 N–H and O–H groups in total. The third kappa shape index (κ3) is 3.94. The molecule has 0 spiro atoms. The zero-order valence-electron chi connectivity index (χ0n) is 13.1. The molecule has 0 bridgehead atoms. The van der Waals surface area contributed by atoms with Gasteiger partial charge in [-0.1, -0.05) is 13.0 Å². The zero-order chi connectivity index (χ0) is 15.4. The van der Waals surface area contributed by atoms with E-state index in [1.165, 1.54) is 19.4 Å². The van der Waals surface area contributed by atoms with Crippen molar-refractivity contribution < 1.29 is 4.92 Å². The van der Waals surface area contributed by atoms with E-state index in [2.05, 4.69) is 24.1 Å². The lowest BCUT2D eigenvalue weighted by Gasteiger charge is -2.36. The maximum absolute atomic E-state index is 10.9. The Bertz CT molecular complexity index is 504. The number of nitro groups is 1. The van der Waals surface area contributed by atoms with Gasteiger partial charge in [0.15, 0.2) is 0 Å². The molecule has 0 aliphatic carbocycles.